The SMILES string of the molecule is O=S([O-])CCS.[Li+]. The van der Waals surface area contributed by atoms with E-state index in [1.54, 1.807) is 0 Å². The van der Waals surface area contributed by atoms with Crippen molar-refractivity contribution in [3.8, 4) is 0 Å². The van der Waals surface area contributed by atoms with Crippen LogP contribution in [0.1, 0.15) is 0 Å². The Hall–Kier alpha value is 1.06. The van der Waals surface area contributed by atoms with Crippen molar-refractivity contribution in [1.29, 1.82) is 0 Å². The standard InChI is InChI=1S/C2H6O2S2.Li/c3-6(4)2-1-5;/h5H,1-2H2,(H,3,4);/q;+1/p-1. The fraction of sp³-hybridized carbons (Fsp3) is 1.00. The fourth-order valence-corrected chi connectivity index (χ4v) is 0.671. The van der Waals surface area contributed by atoms with Crippen molar-refractivity contribution in [2.45, 2.75) is 0 Å². The van der Waals surface area contributed by atoms with E-state index in [0.29, 0.717) is 5.75 Å². The van der Waals surface area contributed by atoms with Gasteiger partial charge in [-0.15, -0.1) is 0 Å². The Bertz CT molecular complexity index is 57.7. The van der Waals surface area contributed by atoms with Crippen molar-refractivity contribution >= 4 is 23.7 Å². The van der Waals surface area contributed by atoms with Gasteiger partial charge in [-0.05, 0) is 0 Å². The van der Waals surface area contributed by atoms with E-state index in [-0.39, 0.29) is 24.6 Å². The third kappa shape index (κ3) is 11.0. The molecule has 0 saturated carbocycles. The van der Waals surface area contributed by atoms with Crippen LogP contribution in [0.3, 0.4) is 0 Å². The quantitative estimate of drug-likeness (QED) is 0.244. The maximum Gasteiger partial charge on any atom is 1.00 e. The molecule has 0 bridgehead atoms. The molecule has 0 heterocycles. The molecule has 2 nitrogen and oxygen atoms in total. The van der Waals surface area contributed by atoms with Gasteiger partial charge in [-0.1, -0.05) is 11.1 Å². The molecule has 5 heteroatoms. The van der Waals surface area contributed by atoms with Crippen LogP contribution in [-0.2, 0) is 11.1 Å². The van der Waals surface area contributed by atoms with Gasteiger partial charge in [-0.25, -0.2) is 0 Å². The molecule has 1 atom stereocenters. The Kier molecular flexibility index (Phi) is 11.0. The largest absolute Gasteiger partial charge is 1.00 e. The zero-order valence-electron chi connectivity index (χ0n) is 4.09. The second kappa shape index (κ2) is 7.06. The van der Waals surface area contributed by atoms with Gasteiger partial charge >= 0.3 is 18.9 Å². The summed E-state index contributed by atoms with van der Waals surface area (Å²) in [6.07, 6.45) is 0. The molecule has 0 aromatic heterocycles. The van der Waals surface area contributed by atoms with Crippen LogP contribution < -0.4 is 18.9 Å². The second-order valence-electron chi connectivity index (χ2n) is 0.731. The van der Waals surface area contributed by atoms with E-state index < -0.39 is 11.1 Å². The van der Waals surface area contributed by atoms with Crippen LogP contribution in [0.5, 0.6) is 0 Å². The van der Waals surface area contributed by atoms with Crippen molar-refractivity contribution < 1.29 is 27.6 Å². The molecular weight excluding hydrogens is 127 g/mol. The van der Waals surface area contributed by atoms with Crippen LogP contribution in [0.25, 0.3) is 0 Å². The molecule has 0 rings (SSSR count). The van der Waals surface area contributed by atoms with Crippen LogP contribution in [-0.4, -0.2) is 20.3 Å². The molecule has 0 amide bonds. The van der Waals surface area contributed by atoms with E-state index in [2.05, 4.69) is 12.6 Å². The topological polar surface area (TPSA) is 40.1 Å². The van der Waals surface area contributed by atoms with Crippen LogP contribution in [0.4, 0.5) is 0 Å². The molecule has 7 heavy (non-hydrogen) atoms. The molecule has 0 aliphatic heterocycles. The maximum absolute atomic E-state index is 9.55. The first kappa shape index (κ1) is 10.9. The number of thiol groups is 1. The van der Waals surface area contributed by atoms with Crippen molar-refractivity contribution in [2.75, 3.05) is 11.5 Å². The van der Waals surface area contributed by atoms with Crippen molar-refractivity contribution in [2.24, 2.45) is 0 Å². The van der Waals surface area contributed by atoms with Gasteiger partial charge in [0.2, 0.25) is 0 Å². The summed E-state index contributed by atoms with van der Waals surface area (Å²) in [6.45, 7) is 0. The number of rotatable bonds is 2. The molecule has 0 N–H and O–H groups in total. The van der Waals surface area contributed by atoms with Gasteiger partial charge in [0.15, 0.2) is 0 Å². The Morgan fingerprint density at radius 2 is 2.14 bits per heavy atom. The van der Waals surface area contributed by atoms with Gasteiger partial charge < -0.3 is 4.55 Å². The van der Waals surface area contributed by atoms with Gasteiger partial charge in [0.05, 0.1) is 0 Å². The van der Waals surface area contributed by atoms with Crippen LogP contribution in [0.2, 0.25) is 0 Å². The van der Waals surface area contributed by atoms with Gasteiger partial charge in [0.25, 0.3) is 0 Å². The molecular formula is C2H5LiO2S2. The smallest absolute Gasteiger partial charge is 0.772 e. The van der Waals surface area contributed by atoms with E-state index in [4.69, 9.17) is 0 Å². The Balaban J connectivity index is 0. The van der Waals surface area contributed by atoms with Gasteiger partial charge in [-0.2, -0.15) is 12.6 Å². The van der Waals surface area contributed by atoms with Gasteiger partial charge in [0, 0.05) is 11.5 Å². The maximum atomic E-state index is 9.55. The summed E-state index contributed by atoms with van der Waals surface area (Å²) in [7, 11) is 0. The summed E-state index contributed by atoms with van der Waals surface area (Å²) in [6, 6.07) is 0. The third-order valence-electron chi connectivity index (χ3n) is 0.258. The summed E-state index contributed by atoms with van der Waals surface area (Å²) in [5.74, 6) is 0.569. The minimum Gasteiger partial charge on any atom is -0.772 e. The van der Waals surface area contributed by atoms with E-state index >= 15 is 0 Å². The summed E-state index contributed by atoms with van der Waals surface area (Å²) in [5.41, 5.74) is 0. The van der Waals surface area contributed by atoms with E-state index in [1.807, 2.05) is 0 Å². The van der Waals surface area contributed by atoms with Crippen molar-refractivity contribution in [1.82, 2.24) is 0 Å². The van der Waals surface area contributed by atoms with E-state index in [0.717, 1.165) is 0 Å². The summed E-state index contributed by atoms with van der Waals surface area (Å²) in [4.78, 5) is 0. The summed E-state index contributed by atoms with van der Waals surface area (Å²) in [5, 5.41) is 0. The van der Waals surface area contributed by atoms with Crippen LogP contribution >= 0.6 is 12.6 Å². The molecule has 0 aromatic rings. The second-order valence-corrected chi connectivity index (χ2v) is 2.19. The third-order valence-corrected chi connectivity index (χ3v) is 1.32. The Labute approximate surface area is 62.9 Å². The van der Waals surface area contributed by atoms with Crippen molar-refractivity contribution in [3.05, 3.63) is 0 Å². The zero-order valence-corrected chi connectivity index (χ0v) is 5.80. The van der Waals surface area contributed by atoms with E-state index in [1.165, 1.54) is 0 Å². The predicted molar refractivity (Wildman–Crippen MR) is 27.6 cm³/mol. The first-order valence-electron chi connectivity index (χ1n) is 1.44. The molecule has 1 unspecified atom stereocenters. The monoisotopic (exact) mass is 132 g/mol. The molecule has 0 aliphatic rings. The molecule has 0 fully saturated rings. The Morgan fingerprint density at radius 3 is 2.14 bits per heavy atom. The Morgan fingerprint density at radius 1 is 1.71 bits per heavy atom. The molecule has 38 valence electrons. The van der Waals surface area contributed by atoms with E-state index in [9.17, 15) is 8.76 Å². The fourth-order valence-electron chi connectivity index (χ4n) is 0.0745. The zero-order chi connectivity index (χ0) is 4.99. The van der Waals surface area contributed by atoms with Gasteiger partial charge in [-0.3, -0.25) is 4.21 Å². The van der Waals surface area contributed by atoms with Crippen LogP contribution in [0, 0.1) is 0 Å². The molecule has 0 spiro atoms. The first-order chi connectivity index (χ1) is 2.77. The summed E-state index contributed by atoms with van der Waals surface area (Å²) < 4.78 is 19.1. The van der Waals surface area contributed by atoms with Crippen LogP contribution in [0.15, 0.2) is 0 Å². The summed E-state index contributed by atoms with van der Waals surface area (Å²) >= 11 is 1.77. The van der Waals surface area contributed by atoms with Crippen molar-refractivity contribution in [3.63, 3.8) is 0 Å². The molecule has 0 radical (unpaired) electrons. The first-order valence-corrected chi connectivity index (χ1v) is 3.31. The van der Waals surface area contributed by atoms with Gasteiger partial charge in [0.1, 0.15) is 0 Å². The minimum absolute atomic E-state index is 0. The predicted octanol–water partition coefficient (Wildman–Crippen LogP) is -3.20. The minimum atomic E-state index is -1.89. The number of hydrogen-bond donors (Lipinski definition) is 1. The number of hydrogen-bond acceptors (Lipinski definition) is 3. The molecule has 0 saturated heterocycles. The average Bonchev–Trinajstić information content (AvgIpc) is 1.35. The average molecular weight is 132 g/mol. The molecule has 0 aliphatic carbocycles. The molecule has 0 aromatic carbocycles. The normalized spacial score (nSPS) is 12.3.